The molecule has 0 aliphatic heterocycles. The number of carbonyl (C=O) groups is 1. The van der Waals surface area contributed by atoms with E-state index < -0.39 is 35.7 Å². The molecule has 3 unspecified atom stereocenters. The first-order valence-electron chi connectivity index (χ1n) is 11.6. The van der Waals surface area contributed by atoms with Crippen molar-refractivity contribution in [3.8, 4) is 5.88 Å². The van der Waals surface area contributed by atoms with E-state index in [4.69, 9.17) is 21.1 Å². The van der Waals surface area contributed by atoms with E-state index in [2.05, 4.69) is 26.1 Å². The van der Waals surface area contributed by atoms with Crippen molar-refractivity contribution in [3.05, 3.63) is 35.7 Å². The van der Waals surface area contributed by atoms with Crippen LogP contribution < -0.4 is 26.4 Å². The molecule has 1 amide bonds. The van der Waals surface area contributed by atoms with Gasteiger partial charge < -0.3 is 36.7 Å². The molecule has 1 heterocycles. The van der Waals surface area contributed by atoms with Crippen LogP contribution in [0.4, 0.5) is 4.39 Å². The van der Waals surface area contributed by atoms with Gasteiger partial charge in [-0.2, -0.15) is 0 Å². The predicted octanol–water partition coefficient (Wildman–Crippen LogP) is 1.34. The average Bonchev–Trinajstić information content (AvgIpc) is 3.76. The first-order chi connectivity index (χ1) is 16.7. The second-order valence-corrected chi connectivity index (χ2v) is 9.14. The number of aliphatic hydroxyl groups is 1. The smallest absolute Gasteiger partial charge is 0.271 e. The Labute approximate surface area is 203 Å². The fraction of sp³-hybridized carbons (Fsp3) is 0.565. The highest BCUT2D eigenvalue weighted by Crippen LogP contribution is 2.51. The highest BCUT2D eigenvalue weighted by Gasteiger charge is 2.48. The van der Waals surface area contributed by atoms with E-state index >= 15 is 0 Å². The molecule has 0 radical (unpaired) electrons. The molecule has 3 atom stereocenters. The van der Waals surface area contributed by atoms with Crippen LogP contribution in [0.2, 0.25) is 0 Å². The molecule has 2 saturated carbocycles. The molecule has 0 saturated heterocycles. The topological polar surface area (TPSA) is 178 Å². The molecule has 11 nitrogen and oxygen atoms in total. The maximum absolute atomic E-state index is 13.7. The van der Waals surface area contributed by atoms with E-state index in [1.807, 2.05) is 0 Å². The van der Waals surface area contributed by atoms with Gasteiger partial charge in [0.15, 0.2) is 0 Å². The Morgan fingerprint density at radius 3 is 2.51 bits per heavy atom. The lowest BCUT2D eigenvalue weighted by Gasteiger charge is -2.33. The Morgan fingerprint density at radius 1 is 1.34 bits per heavy atom. The molecule has 35 heavy (non-hydrogen) atoms. The number of nitrogens with zero attached hydrogens (tertiary/aromatic N) is 2. The number of rotatable bonds is 13. The van der Waals surface area contributed by atoms with Gasteiger partial charge in [0.2, 0.25) is 5.88 Å². The van der Waals surface area contributed by atoms with Gasteiger partial charge >= 0.3 is 0 Å². The van der Waals surface area contributed by atoms with Gasteiger partial charge in [-0.05, 0) is 63.4 Å². The minimum absolute atomic E-state index is 0.0305. The minimum atomic E-state index is -1.23. The third-order valence-electron chi connectivity index (χ3n) is 6.43. The highest BCUT2D eigenvalue weighted by atomic mass is 19.1. The lowest BCUT2D eigenvalue weighted by Crippen LogP contribution is -2.57. The van der Waals surface area contributed by atoms with Crippen LogP contribution in [0.1, 0.15) is 51.1 Å². The molecule has 1 aromatic heterocycles. The van der Waals surface area contributed by atoms with Gasteiger partial charge in [0, 0.05) is 11.8 Å². The number of oxime groups is 1. The molecular weight excluding hydrogens is 457 g/mol. The normalized spacial score (nSPS) is 19.0. The second-order valence-electron chi connectivity index (χ2n) is 9.14. The van der Waals surface area contributed by atoms with Gasteiger partial charge in [-0.25, -0.2) is 9.37 Å². The molecule has 8 N–H and O–H groups in total. The molecular formula is C23H34FN7O4. The first kappa shape index (κ1) is 26.2. The third-order valence-corrected chi connectivity index (χ3v) is 6.43. The van der Waals surface area contributed by atoms with Crippen molar-refractivity contribution < 1.29 is 24.2 Å². The zero-order chi connectivity index (χ0) is 25.7. The average molecular weight is 492 g/mol. The Hall–Kier alpha value is -3.41. The Bertz CT molecular complexity index is 982. The fourth-order valence-corrected chi connectivity index (χ4v) is 4.29. The molecule has 0 spiro atoms. The predicted molar refractivity (Wildman–Crippen MR) is 127 cm³/mol. The number of nitrogens with two attached hydrogens (primary N) is 1. The number of aromatic nitrogens is 1. The fourth-order valence-electron chi connectivity index (χ4n) is 4.29. The summed E-state index contributed by atoms with van der Waals surface area (Å²) in [6, 6.07) is 0.198. The highest BCUT2D eigenvalue weighted by molar-refractivity contribution is 6.65. The summed E-state index contributed by atoms with van der Waals surface area (Å²) in [4.78, 5) is 16.5. The van der Waals surface area contributed by atoms with Crippen molar-refractivity contribution in [1.29, 1.82) is 5.41 Å². The Kier molecular flexibility index (Phi) is 8.49. The van der Waals surface area contributed by atoms with Crippen LogP contribution in [-0.4, -0.2) is 52.0 Å². The van der Waals surface area contributed by atoms with Gasteiger partial charge in [-0.3, -0.25) is 10.2 Å². The number of aliphatic hydroxyl groups excluding tert-OH is 1. The lowest BCUT2D eigenvalue weighted by atomic mass is 9.88. The summed E-state index contributed by atoms with van der Waals surface area (Å²) in [5.74, 6) is -0.0859. The number of nitrogens with one attached hydrogen (secondary N) is 4. The van der Waals surface area contributed by atoms with E-state index in [-0.39, 0.29) is 23.3 Å². The summed E-state index contributed by atoms with van der Waals surface area (Å²) >= 11 is 0. The van der Waals surface area contributed by atoms with Gasteiger partial charge in [0.05, 0.1) is 25.4 Å². The van der Waals surface area contributed by atoms with E-state index in [1.54, 1.807) is 6.92 Å². The molecule has 0 aromatic carbocycles. The number of halogens is 1. The lowest BCUT2D eigenvalue weighted by molar-refractivity contribution is -0.117. The van der Waals surface area contributed by atoms with Crippen LogP contribution in [0.5, 0.6) is 5.88 Å². The molecule has 12 heteroatoms. The van der Waals surface area contributed by atoms with Crippen LogP contribution in [0.15, 0.2) is 29.4 Å². The number of ether oxygens (including phenoxy) is 1. The number of amides is 1. The van der Waals surface area contributed by atoms with Crippen molar-refractivity contribution in [2.75, 3.05) is 7.11 Å². The van der Waals surface area contributed by atoms with Crippen LogP contribution in [0.25, 0.3) is 0 Å². The van der Waals surface area contributed by atoms with Gasteiger partial charge in [0.1, 0.15) is 29.3 Å². The molecule has 3 rings (SSSR count). The van der Waals surface area contributed by atoms with Crippen LogP contribution in [0.3, 0.4) is 0 Å². The quantitative estimate of drug-likeness (QED) is 0.0935. The van der Waals surface area contributed by atoms with Crippen molar-refractivity contribution in [2.24, 2.45) is 28.6 Å². The number of hydrogen-bond donors (Lipinski definition) is 7. The summed E-state index contributed by atoms with van der Waals surface area (Å²) < 4.78 is 18.8. The number of methoxy groups -OCH3 is 1. The van der Waals surface area contributed by atoms with Crippen LogP contribution >= 0.6 is 0 Å². The van der Waals surface area contributed by atoms with Crippen molar-refractivity contribution >= 4 is 17.3 Å². The summed E-state index contributed by atoms with van der Waals surface area (Å²) in [5, 5.41) is 39.3. The Balaban J connectivity index is 1.70. The van der Waals surface area contributed by atoms with Crippen molar-refractivity contribution in [2.45, 2.75) is 57.8 Å². The van der Waals surface area contributed by atoms with E-state index in [0.29, 0.717) is 17.4 Å². The van der Waals surface area contributed by atoms with Gasteiger partial charge in [-0.1, -0.05) is 5.16 Å². The van der Waals surface area contributed by atoms with Gasteiger partial charge in [-0.15, -0.1) is 0 Å². The maximum Gasteiger partial charge on any atom is 0.271 e. The zero-order valence-corrected chi connectivity index (χ0v) is 20.1. The van der Waals surface area contributed by atoms with Crippen molar-refractivity contribution in [1.82, 2.24) is 20.9 Å². The maximum atomic E-state index is 13.7. The second kappa shape index (κ2) is 11.3. The molecule has 2 fully saturated rings. The molecule has 0 bridgehead atoms. The Morgan fingerprint density at radius 2 is 1.97 bits per heavy atom. The summed E-state index contributed by atoms with van der Waals surface area (Å²) in [6.45, 7) is 3.12. The summed E-state index contributed by atoms with van der Waals surface area (Å²) in [6.07, 6.45) is 5.33. The summed E-state index contributed by atoms with van der Waals surface area (Å²) in [5.41, 5.74) is 5.97. The van der Waals surface area contributed by atoms with Gasteiger partial charge in [0.25, 0.3) is 5.91 Å². The van der Waals surface area contributed by atoms with E-state index in [0.717, 1.165) is 31.9 Å². The number of carbonyl (C=O) groups excluding carboxylic acids is 1. The standard InChI is InChI=1S/C23H34FN7O4/c1-11(16-8-15(24)9-28-23(16)35-3)27-10-17(25)29-22(33)20(18(13-4-5-13)14-6-7-14)30-21(32)19(26)12(2)31-34/h8-11,13-14,18,20,22,26-27,29,33-34H,4-7,25H2,1-3H3,(H,30,32)/b17-10+,26-19?,31-12-. The molecule has 2 aliphatic rings. The summed E-state index contributed by atoms with van der Waals surface area (Å²) in [7, 11) is 1.44. The van der Waals surface area contributed by atoms with Crippen LogP contribution in [0, 0.1) is 29.0 Å². The minimum Gasteiger partial charge on any atom is -0.481 e. The molecule has 1 aromatic rings. The zero-order valence-electron chi connectivity index (χ0n) is 20.1. The monoisotopic (exact) mass is 491 g/mol. The van der Waals surface area contributed by atoms with E-state index in [9.17, 15) is 14.3 Å². The SMILES string of the molecule is COc1ncc(F)cc1C(C)N/C=C(\N)NC(O)C(NC(=O)C(=N)/C(C)=N\O)C(C1CC1)C1CC1. The number of pyridine rings is 1. The number of hydrogen-bond acceptors (Lipinski definition) is 10. The van der Waals surface area contributed by atoms with E-state index in [1.165, 1.54) is 26.3 Å². The molecule has 192 valence electrons. The first-order valence-corrected chi connectivity index (χ1v) is 11.6. The third kappa shape index (κ3) is 6.81. The largest absolute Gasteiger partial charge is 0.481 e. The molecule has 2 aliphatic carbocycles. The van der Waals surface area contributed by atoms with Crippen LogP contribution in [-0.2, 0) is 4.79 Å². The van der Waals surface area contributed by atoms with Crippen molar-refractivity contribution in [3.63, 3.8) is 0 Å².